The summed E-state index contributed by atoms with van der Waals surface area (Å²) in [6.07, 6.45) is 1.46. The van der Waals surface area contributed by atoms with Gasteiger partial charge in [-0.1, -0.05) is 29.3 Å². The standard InChI is InChI=1S/C13H19Cl2NO2/c14-12-4-3-11(9-13(12)15)10-16(5-1-7-17)6-2-8-18/h3-4,9,17-18H,1-2,5-8,10H2. The molecule has 0 atom stereocenters. The van der Waals surface area contributed by atoms with E-state index in [1.807, 2.05) is 12.1 Å². The van der Waals surface area contributed by atoms with E-state index >= 15 is 0 Å². The number of aliphatic hydroxyl groups excluding tert-OH is 2. The Morgan fingerprint density at radius 1 is 0.944 bits per heavy atom. The summed E-state index contributed by atoms with van der Waals surface area (Å²) in [6, 6.07) is 5.59. The zero-order valence-electron chi connectivity index (χ0n) is 10.3. The van der Waals surface area contributed by atoms with Crippen LogP contribution in [0.5, 0.6) is 0 Å². The number of halogens is 2. The Labute approximate surface area is 118 Å². The zero-order chi connectivity index (χ0) is 13.4. The molecule has 5 heteroatoms. The molecule has 0 aliphatic carbocycles. The second-order valence-electron chi connectivity index (χ2n) is 4.18. The van der Waals surface area contributed by atoms with Crippen LogP contribution >= 0.6 is 23.2 Å². The lowest BCUT2D eigenvalue weighted by molar-refractivity contribution is 0.196. The lowest BCUT2D eigenvalue weighted by Crippen LogP contribution is -2.26. The summed E-state index contributed by atoms with van der Waals surface area (Å²) in [4.78, 5) is 2.19. The molecular formula is C13H19Cl2NO2. The van der Waals surface area contributed by atoms with Crippen LogP contribution in [0.4, 0.5) is 0 Å². The van der Waals surface area contributed by atoms with Gasteiger partial charge in [0.15, 0.2) is 0 Å². The molecular weight excluding hydrogens is 273 g/mol. The maximum Gasteiger partial charge on any atom is 0.0595 e. The molecule has 102 valence electrons. The minimum atomic E-state index is 0.178. The summed E-state index contributed by atoms with van der Waals surface area (Å²) < 4.78 is 0. The maximum atomic E-state index is 8.87. The average molecular weight is 292 g/mol. The highest BCUT2D eigenvalue weighted by molar-refractivity contribution is 6.42. The molecule has 0 heterocycles. The van der Waals surface area contributed by atoms with Crippen molar-refractivity contribution in [2.24, 2.45) is 0 Å². The molecule has 0 unspecified atom stereocenters. The highest BCUT2D eigenvalue weighted by Crippen LogP contribution is 2.23. The molecule has 2 N–H and O–H groups in total. The molecule has 3 nitrogen and oxygen atoms in total. The lowest BCUT2D eigenvalue weighted by Gasteiger charge is -2.21. The summed E-state index contributed by atoms with van der Waals surface area (Å²) in [5.74, 6) is 0. The first-order valence-electron chi connectivity index (χ1n) is 6.05. The van der Waals surface area contributed by atoms with Crippen molar-refractivity contribution in [2.45, 2.75) is 19.4 Å². The Kier molecular flexibility index (Phi) is 7.63. The molecule has 1 aromatic rings. The summed E-state index contributed by atoms with van der Waals surface area (Å²) in [6.45, 7) is 2.71. The number of hydrogen-bond donors (Lipinski definition) is 2. The molecule has 0 bridgehead atoms. The number of hydrogen-bond acceptors (Lipinski definition) is 3. The Hall–Kier alpha value is -0.320. The smallest absolute Gasteiger partial charge is 0.0595 e. The third kappa shape index (κ3) is 5.55. The van der Waals surface area contributed by atoms with Gasteiger partial charge in [-0.2, -0.15) is 0 Å². The molecule has 0 amide bonds. The van der Waals surface area contributed by atoms with Crippen LogP contribution in [0.1, 0.15) is 18.4 Å². The summed E-state index contributed by atoms with van der Waals surface area (Å²) >= 11 is 11.8. The van der Waals surface area contributed by atoms with Gasteiger partial charge in [0.05, 0.1) is 10.0 Å². The molecule has 18 heavy (non-hydrogen) atoms. The van der Waals surface area contributed by atoms with Crippen molar-refractivity contribution in [1.29, 1.82) is 0 Å². The monoisotopic (exact) mass is 291 g/mol. The first-order chi connectivity index (χ1) is 8.67. The van der Waals surface area contributed by atoms with Gasteiger partial charge in [-0.3, -0.25) is 4.90 Å². The van der Waals surface area contributed by atoms with Gasteiger partial charge in [0.25, 0.3) is 0 Å². The van der Waals surface area contributed by atoms with E-state index in [4.69, 9.17) is 33.4 Å². The van der Waals surface area contributed by atoms with Gasteiger partial charge in [-0.05, 0) is 30.5 Å². The van der Waals surface area contributed by atoms with E-state index in [9.17, 15) is 0 Å². The largest absolute Gasteiger partial charge is 0.396 e. The fraction of sp³-hybridized carbons (Fsp3) is 0.538. The quantitative estimate of drug-likeness (QED) is 0.774. The molecule has 1 aromatic carbocycles. The normalized spacial score (nSPS) is 11.2. The van der Waals surface area contributed by atoms with Crippen LogP contribution in [0.15, 0.2) is 18.2 Å². The van der Waals surface area contributed by atoms with Crippen molar-refractivity contribution < 1.29 is 10.2 Å². The zero-order valence-corrected chi connectivity index (χ0v) is 11.8. The number of aliphatic hydroxyl groups is 2. The minimum Gasteiger partial charge on any atom is -0.396 e. The molecule has 0 saturated heterocycles. The van der Waals surface area contributed by atoms with Crippen molar-refractivity contribution in [1.82, 2.24) is 4.90 Å². The first kappa shape index (κ1) is 15.7. The van der Waals surface area contributed by atoms with Gasteiger partial charge >= 0.3 is 0 Å². The van der Waals surface area contributed by atoms with E-state index in [1.165, 1.54) is 0 Å². The first-order valence-corrected chi connectivity index (χ1v) is 6.81. The summed E-state index contributed by atoms with van der Waals surface area (Å²) in [7, 11) is 0. The molecule has 0 fully saturated rings. The van der Waals surface area contributed by atoms with E-state index < -0.39 is 0 Å². The molecule has 0 radical (unpaired) electrons. The highest BCUT2D eigenvalue weighted by Gasteiger charge is 2.07. The second-order valence-corrected chi connectivity index (χ2v) is 4.99. The van der Waals surface area contributed by atoms with Crippen molar-refractivity contribution in [3.05, 3.63) is 33.8 Å². The molecule has 0 aliphatic rings. The Bertz CT molecular complexity index is 353. The predicted octanol–water partition coefficient (Wildman–Crippen LogP) is 2.56. The average Bonchev–Trinajstić information content (AvgIpc) is 2.37. The van der Waals surface area contributed by atoms with Crippen molar-refractivity contribution >= 4 is 23.2 Å². The maximum absolute atomic E-state index is 8.87. The third-order valence-corrected chi connectivity index (χ3v) is 3.39. The van der Waals surface area contributed by atoms with E-state index in [0.29, 0.717) is 10.0 Å². The van der Waals surface area contributed by atoms with Crippen LogP contribution in [-0.4, -0.2) is 41.4 Å². The third-order valence-electron chi connectivity index (χ3n) is 2.66. The van der Waals surface area contributed by atoms with Gasteiger partial charge in [-0.25, -0.2) is 0 Å². The number of nitrogens with zero attached hydrogens (tertiary/aromatic N) is 1. The van der Waals surface area contributed by atoms with Gasteiger partial charge in [0.2, 0.25) is 0 Å². The predicted molar refractivity (Wildman–Crippen MR) is 75.1 cm³/mol. The van der Waals surface area contributed by atoms with Crippen LogP contribution in [0.2, 0.25) is 10.0 Å². The van der Waals surface area contributed by atoms with Crippen molar-refractivity contribution in [3.8, 4) is 0 Å². The topological polar surface area (TPSA) is 43.7 Å². The Morgan fingerprint density at radius 3 is 2.06 bits per heavy atom. The SMILES string of the molecule is OCCCN(CCCO)Cc1ccc(Cl)c(Cl)c1. The Balaban J connectivity index is 2.59. The van der Waals surface area contributed by atoms with Crippen molar-refractivity contribution in [2.75, 3.05) is 26.3 Å². The second kappa shape index (κ2) is 8.73. The fourth-order valence-corrected chi connectivity index (χ4v) is 2.08. The molecule has 0 saturated carbocycles. The van der Waals surface area contributed by atoms with Gasteiger partial charge in [0, 0.05) is 32.8 Å². The van der Waals surface area contributed by atoms with E-state index in [-0.39, 0.29) is 13.2 Å². The molecule has 1 rings (SSSR count). The highest BCUT2D eigenvalue weighted by atomic mass is 35.5. The summed E-state index contributed by atoms with van der Waals surface area (Å²) in [5.41, 5.74) is 1.08. The van der Waals surface area contributed by atoms with Gasteiger partial charge < -0.3 is 10.2 Å². The lowest BCUT2D eigenvalue weighted by atomic mass is 10.2. The molecule has 0 aromatic heterocycles. The van der Waals surface area contributed by atoms with E-state index in [1.54, 1.807) is 6.07 Å². The number of rotatable bonds is 8. The summed E-state index contributed by atoms with van der Waals surface area (Å²) in [5, 5.41) is 18.9. The van der Waals surface area contributed by atoms with Crippen LogP contribution in [0.25, 0.3) is 0 Å². The van der Waals surface area contributed by atoms with E-state index in [0.717, 1.165) is 38.0 Å². The minimum absolute atomic E-state index is 0.178. The number of benzene rings is 1. The van der Waals surface area contributed by atoms with Crippen molar-refractivity contribution in [3.63, 3.8) is 0 Å². The van der Waals surface area contributed by atoms with Gasteiger partial charge in [0.1, 0.15) is 0 Å². The molecule has 0 aliphatic heterocycles. The fourth-order valence-electron chi connectivity index (χ4n) is 1.75. The van der Waals surface area contributed by atoms with E-state index in [2.05, 4.69) is 4.90 Å². The van der Waals surface area contributed by atoms with Crippen LogP contribution in [0, 0.1) is 0 Å². The van der Waals surface area contributed by atoms with Crippen LogP contribution in [0.3, 0.4) is 0 Å². The Morgan fingerprint density at radius 2 is 1.56 bits per heavy atom. The van der Waals surface area contributed by atoms with Crippen LogP contribution < -0.4 is 0 Å². The van der Waals surface area contributed by atoms with Crippen LogP contribution in [-0.2, 0) is 6.54 Å². The molecule has 0 spiro atoms. The van der Waals surface area contributed by atoms with Gasteiger partial charge in [-0.15, -0.1) is 0 Å².